The van der Waals surface area contributed by atoms with Gasteiger partial charge in [0, 0.05) is 8.95 Å². The van der Waals surface area contributed by atoms with Gasteiger partial charge in [0.05, 0.1) is 12.1 Å². The van der Waals surface area contributed by atoms with Crippen LogP contribution < -0.4 is 5.32 Å². The van der Waals surface area contributed by atoms with Gasteiger partial charge in [-0.1, -0.05) is 15.9 Å². The first kappa shape index (κ1) is 12.3. The van der Waals surface area contributed by atoms with Gasteiger partial charge in [0.1, 0.15) is 12.2 Å². The first-order valence-electron chi connectivity index (χ1n) is 4.74. The Morgan fingerprint density at radius 2 is 2.24 bits per heavy atom. The van der Waals surface area contributed by atoms with Gasteiger partial charge in [0.15, 0.2) is 0 Å². The molecular weight excluding hydrogens is 352 g/mol. The molecule has 0 saturated carbocycles. The highest BCUT2D eigenvalue weighted by molar-refractivity contribution is 9.11. The van der Waals surface area contributed by atoms with E-state index >= 15 is 0 Å². The van der Waals surface area contributed by atoms with Crippen LogP contribution in [0.3, 0.4) is 0 Å². The van der Waals surface area contributed by atoms with E-state index in [0.29, 0.717) is 17.9 Å². The summed E-state index contributed by atoms with van der Waals surface area (Å²) in [7, 11) is 0. The van der Waals surface area contributed by atoms with Crippen LogP contribution in [0.4, 0.5) is 0 Å². The summed E-state index contributed by atoms with van der Waals surface area (Å²) in [5.74, 6) is 0.444. The number of H-pyrrole nitrogens is 1. The highest BCUT2D eigenvalue weighted by Crippen LogP contribution is 2.21. The molecule has 17 heavy (non-hydrogen) atoms. The Balaban J connectivity index is 2.07. The number of nitrogens with zero attached hydrogens (tertiary/aromatic N) is 2. The smallest absolute Gasteiger partial charge is 0.252 e. The fourth-order valence-corrected chi connectivity index (χ4v) is 2.03. The Hall–Kier alpha value is -1.21. The quantitative estimate of drug-likeness (QED) is 0.882. The second-order valence-electron chi connectivity index (χ2n) is 3.24. The van der Waals surface area contributed by atoms with E-state index in [9.17, 15) is 4.79 Å². The van der Waals surface area contributed by atoms with Gasteiger partial charge in [-0.3, -0.25) is 9.89 Å². The van der Waals surface area contributed by atoms with E-state index in [1.54, 1.807) is 6.07 Å². The van der Waals surface area contributed by atoms with Gasteiger partial charge in [-0.25, -0.2) is 4.98 Å². The van der Waals surface area contributed by atoms with Crippen molar-refractivity contribution in [3.8, 4) is 0 Å². The summed E-state index contributed by atoms with van der Waals surface area (Å²) >= 11 is 6.66. The van der Waals surface area contributed by atoms with Crippen molar-refractivity contribution in [2.75, 3.05) is 0 Å². The average molecular weight is 360 g/mol. The monoisotopic (exact) mass is 358 g/mol. The van der Waals surface area contributed by atoms with Gasteiger partial charge in [-0.05, 0) is 34.1 Å². The topological polar surface area (TPSA) is 70.7 Å². The van der Waals surface area contributed by atoms with Crippen molar-refractivity contribution in [3.63, 3.8) is 0 Å². The lowest BCUT2D eigenvalue weighted by atomic mass is 10.2. The summed E-state index contributed by atoms with van der Waals surface area (Å²) in [5, 5.41) is 9.12. The maximum atomic E-state index is 11.9. The van der Waals surface area contributed by atoms with Crippen LogP contribution in [0.5, 0.6) is 0 Å². The van der Waals surface area contributed by atoms with Gasteiger partial charge in [0.25, 0.3) is 5.91 Å². The van der Waals surface area contributed by atoms with Crippen molar-refractivity contribution in [1.29, 1.82) is 0 Å². The predicted molar refractivity (Wildman–Crippen MR) is 69.4 cm³/mol. The van der Waals surface area contributed by atoms with Crippen LogP contribution in [0.2, 0.25) is 0 Å². The number of carbonyl (C=O) groups is 1. The third-order valence-corrected chi connectivity index (χ3v) is 3.24. The minimum Gasteiger partial charge on any atom is -0.345 e. The fourth-order valence-electron chi connectivity index (χ4n) is 1.25. The van der Waals surface area contributed by atoms with Crippen LogP contribution in [0, 0.1) is 0 Å². The maximum absolute atomic E-state index is 11.9. The van der Waals surface area contributed by atoms with E-state index in [1.807, 2.05) is 12.1 Å². The Kier molecular flexibility index (Phi) is 3.90. The number of aromatic nitrogens is 3. The standard InChI is InChI=1S/C10H8Br2N4O/c11-6-1-2-8(12)7(3-6)10(17)13-4-9-14-5-15-16-9/h1-3,5H,4H2,(H,13,17)(H,14,15,16). The molecule has 0 spiro atoms. The van der Waals surface area contributed by atoms with Gasteiger partial charge in [-0.15, -0.1) is 0 Å². The fraction of sp³-hybridized carbons (Fsp3) is 0.100. The summed E-state index contributed by atoms with van der Waals surface area (Å²) in [4.78, 5) is 15.8. The molecule has 2 N–H and O–H groups in total. The van der Waals surface area contributed by atoms with Crippen molar-refractivity contribution in [2.45, 2.75) is 6.54 Å². The molecule has 7 heteroatoms. The molecule has 0 bridgehead atoms. The molecule has 0 unspecified atom stereocenters. The molecule has 0 aliphatic heterocycles. The number of halogens is 2. The molecule has 1 heterocycles. The van der Waals surface area contributed by atoms with E-state index < -0.39 is 0 Å². The number of benzene rings is 1. The molecule has 88 valence electrons. The maximum Gasteiger partial charge on any atom is 0.252 e. The number of hydrogen-bond acceptors (Lipinski definition) is 3. The Morgan fingerprint density at radius 1 is 1.41 bits per heavy atom. The largest absolute Gasteiger partial charge is 0.345 e. The van der Waals surface area contributed by atoms with Crippen LogP contribution in [0.25, 0.3) is 0 Å². The number of nitrogens with one attached hydrogen (secondary N) is 2. The van der Waals surface area contributed by atoms with E-state index in [2.05, 4.69) is 52.4 Å². The molecule has 0 radical (unpaired) electrons. The van der Waals surface area contributed by atoms with E-state index in [1.165, 1.54) is 6.33 Å². The Morgan fingerprint density at radius 3 is 2.94 bits per heavy atom. The Bertz CT molecular complexity index is 527. The first-order valence-corrected chi connectivity index (χ1v) is 6.33. The van der Waals surface area contributed by atoms with Crippen molar-refractivity contribution < 1.29 is 4.79 Å². The number of amides is 1. The molecule has 1 aromatic heterocycles. The summed E-state index contributed by atoms with van der Waals surface area (Å²) in [6.07, 6.45) is 1.40. The lowest BCUT2D eigenvalue weighted by Crippen LogP contribution is -2.23. The highest BCUT2D eigenvalue weighted by atomic mass is 79.9. The summed E-state index contributed by atoms with van der Waals surface area (Å²) in [5.41, 5.74) is 0.568. The predicted octanol–water partition coefficient (Wildman–Crippen LogP) is 2.26. The number of rotatable bonds is 3. The summed E-state index contributed by atoms with van der Waals surface area (Å²) < 4.78 is 1.60. The zero-order valence-corrected chi connectivity index (χ0v) is 11.7. The van der Waals surface area contributed by atoms with Crippen molar-refractivity contribution in [3.05, 3.63) is 44.9 Å². The van der Waals surface area contributed by atoms with Crippen molar-refractivity contribution >= 4 is 37.8 Å². The number of carbonyl (C=O) groups excluding carboxylic acids is 1. The lowest BCUT2D eigenvalue weighted by Gasteiger charge is -2.05. The third kappa shape index (κ3) is 3.13. The minimum atomic E-state index is -0.172. The van der Waals surface area contributed by atoms with Crippen molar-refractivity contribution in [2.24, 2.45) is 0 Å². The molecule has 5 nitrogen and oxygen atoms in total. The van der Waals surface area contributed by atoms with Crippen LogP contribution >= 0.6 is 31.9 Å². The summed E-state index contributed by atoms with van der Waals surface area (Å²) in [6.45, 7) is 0.317. The second-order valence-corrected chi connectivity index (χ2v) is 5.01. The SMILES string of the molecule is O=C(NCc1ncn[nH]1)c1cc(Br)ccc1Br. The Labute approximate surface area is 114 Å². The molecule has 1 aromatic carbocycles. The average Bonchev–Trinajstić information content (AvgIpc) is 2.82. The minimum absolute atomic E-state index is 0.172. The van der Waals surface area contributed by atoms with Gasteiger partial charge < -0.3 is 5.32 Å². The second kappa shape index (κ2) is 5.42. The van der Waals surface area contributed by atoms with Crippen LogP contribution in [-0.2, 0) is 6.54 Å². The molecular formula is C10H8Br2N4O. The normalized spacial score (nSPS) is 10.2. The highest BCUT2D eigenvalue weighted by Gasteiger charge is 2.10. The van der Waals surface area contributed by atoms with Crippen molar-refractivity contribution in [1.82, 2.24) is 20.5 Å². The zero-order chi connectivity index (χ0) is 12.3. The van der Waals surface area contributed by atoms with E-state index in [-0.39, 0.29) is 5.91 Å². The zero-order valence-electron chi connectivity index (χ0n) is 8.58. The summed E-state index contributed by atoms with van der Waals surface area (Å²) in [6, 6.07) is 5.42. The third-order valence-electron chi connectivity index (χ3n) is 2.05. The number of aromatic amines is 1. The number of hydrogen-bond donors (Lipinski definition) is 2. The van der Waals surface area contributed by atoms with Gasteiger partial charge >= 0.3 is 0 Å². The van der Waals surface area contributed by atoms with E-state index in [0.717, 1.165) is 8.95 Å². The molecule has 1 amide bonds. The van der Waals surface area contributed by atoms with E-state index in [4.69, 9.17) is 0 Å². The first-order chi connectivity index (χ1) is 8.16. The van der Waals surface area contributed by atoms with Gasteiger partial charge in [0.2, 0.25) is 0 Å². The van der Waals surface area contributed by atoms with Crippen LogP contribution in [-0.4, -0.2) is 21.1 Å². The lowest BCUT2D eigenvalue weighted by molar-refractivity contribution is 0.0949. The van der Waals surface area contributed by atoms with Crippen LogP contribution in [0.15, 0.2) is 33.5 Å². The molecule has 0 saturated heterocycles. The van der Waals surface area contributed by atoms with Crippen LogP contribution in [0.1, 0.15) is 16.2 Å². The molecule has 0 atom stereocenters. The molecule has 0 aliphatic rings. The molecule has 2 aromatic rings. The van der Waals surface area contributed by atoms with Gasteiger partial charge in [-0.2, -0.15) is 5.10 Å². The molecule has 0 fully saturated rings. The molecule has 0 aliphatic carbocycles. The molecule has 2 rings (SSSR count).